The Balaban J connectivity index is 1.52. The SMILES string of the molecule is CC(C)C[C@H](C(=O)N[C@@H](C)c1ccccc1)N1CCC(CCc2ccccc2)N2C[C@H](N)C[C@H]2C1=O. The third-order valence-electron chi connectivity index (χ3n) is 7.75. The molecule has 2 heterocycles. The first-order valence-electron chi connectivity index (χ1n) is 13.5. The molecule has 2 aliphatic heterocycles. The van der Waals surface area contributed by atoms with E-state index in [1.54, 1.807) is 0 Å². The molecule has 1 unspecified atom stereocenters. The molecule has 2 aliphatic rings. The molecule has 2 saturated heterocycles. The van der Waals surface area contributed by atoms with Crippen LogP contribution in [0.25, 0.3) is 0 Å². The van der Waals surface area contributed by atoms with E-state index in [0.717, 1.165) is 31.4 Å². The first-order valence-corrected chi connectivity index (χ1v) is 13.5. The second-order valence-corrected chi connectivity index (χ2v) is 11.0. The van der Waals surface area contributed by atoms with Crippen molar-refractivity contribution in [3.63, 3.8) is 0 Å². The largest absolute Gasteiger partial charge is 0.348 e. The molecule has 3 N–H and O–H groups in total. The molecular weight excluding hydrogens is 448 g/mol. The van der Waals surface area contributed by atoms with E-state index >= 15 is 0 Å². The number of aryl methyl sites for hydroxylation is 1. The van der Waals surface area contributed by atoms with Crippen molar-refractivity contribution in [3.8, 4) is 0 Å². The summed E-state index contributed by atoms with van der Waals surface area (Å²) >= 11 is 0. The number of carbonyl (C=O) groups excluding carboxylic acids is 2. The second-order valence-electron chi connectivity index (χ2n) is 11.0. The maximum absolute atomic E-state index is 13.9. The standard InChI is InChI=1S/C30H42N4O2/c1-21(2)18-27(29(35)32-22(3)24-12-8-5-9-13-24)33-17-16-26(15-14-23-10-6-4-7-11-23)34-20-25(31)19-28(34)30(33)36/h4-13,21-22,25-28H,14-20,31H2,1-3H3,(H,32,35)/t22-,25+,26?,27+,28-/m0/s1. The molecular formula is C30H42N4O2. The molecule has 0 bridgehead atoms. The van der Waals surface area contributed by atoms with Crippen molar-refractivity contribution in [2.45, 2.75) is 83.1 Å². The first-order chi connectivity index (χ1) is 17.3. The van der Waals surface area contributed by atoms with Crippen LogP contribution in [0.2, 0.25) is 0 Å². The van der Waals surface area contributed by atoms with Crippen molar-refractivity contribution in [1.29, 1.82) is 0 Å². The van der Waals surface area contributed by atoms with E-state index in [1.807, 2.05) is 48.2 Å². The van der Waals surface area contributed by atoms with Gasteiger partial charge in [-0.05, 0) is 56.1 Å². The smallest absolute Gasteiger partial charge is 0.243 e. The third-order valence-corrected chi connectivity index (χ3v) is 7.75. The van der Waals surface area contributed by atoms with Gasteiger partial charge in [0.1, 0.15) is 6.04 Å². The number of benzene rings is 2. The zero-order valence-electron chi connectivity index (χ0n) is 22.0. The first kappa shape index (κ1) is 26.4. The van der Waals surface area contributed by atoms with Crippen LogP contribution in [-0.4, -0.2) is 58.9 Å². The minimum atomic E-state index is -0.477. The van der Waals surface area contributed by atoms with Crippen LogP contribution >= 0.6 is 0 Å². The summed E-state index contributed by atoms with van der Waals surface area (Å²) in [6.45, 7) is 7.58. The highest BCUT2D eigenvalue weighted by molar-refractivity contribution is 5.90. The molecule has 0 radical (unpaired) electrons. The van der Waals surface area contributed by atoms with Crippen LogP contribution in [0.1, 0.15) is 63.6 Å². The molecule has 6 nitrogen and oxygen atoms in total. The van der Waals surface area contributed by atoms with Crippen molar-refractivity contribution in [1.82, 2.24) is 15.1 Å². The number of fused-ring (bicyclic) bond motifs is 1. The fourth-order valence-electron chi connectivity index (χ4n) is 5.85. The van der Waals surface area contributed by atoms with Gasteiger partial charge in [-0.25, -0.2) is 0 Å². The van der Waals surface area contributed by atoms with Crippen LogP contribution in [0, 0.1) is 5.92 Å². The van der Waals surface area contributed by atoms with Crippen LogP contribution in [0.5, 0.6) is 0 Å². The van der Waals surface area contributed by atoms with Gasteiger partial charge in [0.25, 0.3) is 0 Å². The topological polar surface area (TPSA) is 78.7 Å². The molecule has 2 fully saturated rings. The molecule has 5 atom stereocenters. The van der Waals surface area contributed by atoms with Gasteiger partial charge < -0.3 is 16.0 Å². The maximum Gasteiger partial charge on any atom is 0.243 e. The lowest BCUT2D eigenvalue weighted by molar-refractivity contribution is -0.143. The predicted molar refractivity (Wildman–Crippen MR) is 144 cm³/mol. The Bertz CT molecular complexity index is 997. The average Bonchev–Trinajstić information content (AvgIpc) is 3.21. The Morgan fingerprint density at radius 1 is 1.06 bits per heavy atom. The molecule has 2 amide bonds. The highest BCUT2D eigenvalue weighted by Gasteiger charge is 2.45. The summed E-state index contributed by atoms with van der Waals surface area (Å²) in [5.74, 6) is 0.294. The molecule has 6 heteroatoms. The summed E-state index contributed by atoms with van der Waals surface area (Å²) in [4.78, 5) is 31.8. The minimum absolute atomic E-state index is 0.00592. The Morgan fingerprint density at radius 2 is 1.72 bits per heavy atom. The van der Waals surface area contributed by atoms with Crippen LogP contribution in [0.3, 0.4) is 0 Å². The van der Waals surface area contributed by atoms with E-state index in [1.165, 1.54) is 5.56 Å². The number of rotatable bonds is 9. The Morgan fingerprint density at radius 3 is 2.39 bits per heavy atom. The third kappa shape index (κ3) is 6.34. The zero-order chi connectivity index (χ0) is 25.7. The lowest BCUT2D eigenvalue weighted by Crippen LogP contribution is -2.54. The van der Waals surface area contributed by atoms with Crippen molar-refractivity contribution < 1.29 is 9.59 Å². The van der Waals surface area contributed by atoms with E-state index in [4.69, 9.17) is 5.73 Å². The van der Waals surface area contributed by atoms with E-state index in [2.05, 4.69) is 48.3 Å². The number of hydrogen-bond acceptors (Lipinski definition) is 4. The molecule has 2 aromatic carbocycles. The van der Waals surface area contributed by atoms with Gasteiger partial charge in [-0.15, -0.1) is 0 Å². The number of nitrogens with two attached hydrogens (primary N) is 1. The Kier molecular flexibility index (Phi) is 8.81. The van der Waals surface area contributed by atoms with Crippen LogP contribution < -0.4 is 11.1 Å². The van der Waals surface area contributed by atoms with Crippen LogP contribution in [0.15, 0.2) is 60.7 Å². The van der Waals surface area contributed by atoms with Gasteiger partial charge in [-0.2, -0.15) is 0 Å². The van der Waals surface area contributed by atoms with Gasteiger partial charge in [0.05, 0.1) is 12.1 Å². The summed E-state index contributed by atoms with van der Waals surface area (Å²) in [7, 11) is 0. The minimum Gasteiger partial charge on any atom is -0.348 e. The fourth-order valence-corrected chi connectivity index (χ4v) is 5.85. The summed E-state index contributed by atoms with van der Waals surface area (Å²) < 4.78 is 0. The van der Waals surface area contributed by atoms with Crippen molar-refractivity contribution in [2.24, 2.45) is 11.7 Å². The molecule has 0 spiro atoms. The zero-order valence-corrected chi connectivity index (χ0v) is 22.0. The highest BCUT2D eigenvalue weighted by atomic mass is 16.2. The average molecular weight is 491 g/mol. The van der Waals surface area contributed by atoms with Gasteiger partial charge in [0.2, 0.25) is 11.8 Å². The summed E-state index contributed by atoms with van der Waals surface area (Å²) in [6, 6.07) is 19.9. The summed E-state index contributed by atoms with van der Waals surface area (Å²) in [6.07, 6.45) is 4.13. The monoisotopic (exact) mass is 490 g/mol. The van der Waals surface area contributed by atoms with E-state index in [-0.39, 0.29) is 36.0 Å². The Labute approximate surface area is 216 Å². The number of hydrogen-bond donors (Lipinski definition) is 2. The molecule has 4 rings (SSSR count). The number of carbonyl (C=O) groups is 2. The Hall–Kier alpha value is -2.70. The quantitative estimate of drug-likeness (QED) is 0.559. The van der Waals surface area contributed by atoms with Gasteiger partial charge in [0, 0.05) is 25.2 Å². The summed E-state index contributed by atoms with van der Waals surface area (Å²) in [5, 5.41) is 3.20. The van der Waals surface area contributed by atoms with Crippen molar-refractivity contribution >= 4 is 11.8 Å². The molecule has 2 aromatic rings. The lowest BCUT2D eigenvalue weighted by atomic mass is 9.99. The van der Waals surface area contributed by atoms with Gasteiger partial charge >= 0.3 is 0 Å². The van der Waals surface area contributed by atoms with Crippen LogP contribution in [-0.2, 0) is 16.0 Å². The molecule has 0 aliphatic carbocycles. The number of nitrogens with zero attached hydrogens (tertiary/aromatic N) is 2. The predicted octanol–water partition coefficient (Wildman–Crippen LogP) is 3.91. The molecule has 0 saturated carbocycles. The highest BCUT2D eigenvalue weighted by Crippen LogP contribution is 2.30. The molecule has 0 aromatic heterocycles. The fraction of sp³-hybridized carbons (Fsp3) is 0.533. The second kappa shape index (κ2) is 12.0. The van der Waals surface area contributed by atoms with Gasteiger partial charge in [0.15, 0.2) is 0 Å². The molecule has 36 heavy (non-hydrogen) atoms. The normalized spacial score (nSPS) is 24.3. The lowest BCUT2D eigenvalue weighted by Gasteiger charge is -2.34. The van der Waals surface area contributed by atoms with E-state index in [9.17, 15) is 9.59 Å². The van der Waals surface area contributed by atoms with Gasteiger partial charge in [-0.1, -0.05) is 74.5 Å². The number of amides is 2. The summed E-state index contributed by atoms with van der Waals surface area (Å²) in [5.41, 5.74) is 8.75. The molecule has 194 valence electrons. The van der Waals surface area contributed by atoms with Crippen molar-refractivity contribution in [2.75, 3.05) is 13.1 Å². The van der Waals surface area contributed by atoms with Gasteiger partial charge in [-0.3, -0.25) is 14.5 Å². The van der Waals surface area contributed by atoms with Crippen molar-refractivity contribution in [3.05, 3.63) is 71.8 Å². The maximum atomic E-state index is 13.9. The van der Waals surface area contributed by atoms with E-state index < -0.39 is 6.04 Å². The number of nitrogens with one attached hydrogen (secondary N) is 1. The van der Waals surface area contributed by atoms with Crippen LogP contribution in [0.4, 0.5) is 0 Å². The van der Waals surface area contributed by atoms with E-state index in [0.29, 0.717) is 25.3 Å².